The molecule has 4 heteroatoms. The smallest absolute Gasteiger partial charge is 0.167 e. The summed E-state index contributed by atoms with van der Waals surface area (Å²) in [5.74, 6) is -0.682. The Morgan fingerprint density at radius 1 is 1.24 bits per heavy atom. The monoisotopic (exact) mass is 241 g/mol. The van der Waals surface area contributed by atoms with E-state index < -0.39 is 11.6 Å². The van der Waals surface area contributed by atoms with Crippen molar-refractivity contribution in [3.05, 3.63) is 23.8 Å². The van der Waals surface area contributed by atoms with Crippen LogP contribution in [-0.4, -0.2) is 6.10 Å². The predicted molar refractivity (Wildman–Crippen MR) is 62.8 cm³/mol. The molecule has 94 valence electrons. The van der Waals surface area contributed by atoms with Crippen LogP contribution in [0.3, 0.4) is 0 Å². The molecule has 0 saturated heterocycles. The number of hydrogen-bond donors (Lipinski definition) is 1. The highest BCUT2D eigenvalue weighted by molar-refractivity contribution is 5.44. The Hall–Kier alpha value is -1.32. The highest BCUT2D eigenvalue weighted by atomic mass is 19.1. The molecule has 0 radical (unpaired) electrons. The number of ether oxygens (including phenoxy) is 1. The summed E-state index contributed by atoms with van der Waals surface area (Å²) in [5, 5.41) is 0. The van der Waals surface area contributed by atoms with E-state index in [9.17, 15) is 8.78 Å². The van der Waals surface area contributed by atoms with Crippen molar-refractivity contribution in [2.24, 2.45) is 5.92 Å². The molecule has 1 aliphatic rings. The van der Waals surface area contributed by atoms with Crippen LogP contribution >= 0.6 is 0 Å². The molecule has 0 spiro atoms. The van der Waals surface area contributed by atoms with Crippen LogP contribution in [0, 0.1) is 17.6 Å². The van der Waals surface area contributed by atoms with Gasteiger partial charge in [0.25, 0.3) is 0 Å². The van der Waals surface area contributed by atoms with Gasteiger partial charge in [-0.25, -0.2) is 8.78 Å². The largest absolute Gasteiger partial charge is 0.487 e. The summed E-state index contributed by atoms with van der Waals surface area (Å²) < 4.78 is 32.3. The molecular formula is C13H17F2NO. The molecule has 2 N–H and O–H groups in total. The minimum Gasteiger partial charge on any atom is -0.487 e. The van der Waals surface area contributed by atoms with E-state index in [4.69, 9.17) is 10.5 Å². The Balaban J connectivity index is 2.10. The summed E-state index contributed by atoms with van der Waals surface area (Å²) in [6.45, 7) is 2.15. The number of nitrogen functional groups attached to an aromatic ring is 1. The summed E-state index contributed by atoms with van der Waals surface area (Å²) >= 11 is 0. The number of benzene rings is 1. The lowest BCUT2D eigenvalue weighted by Crippen LogP contribution is -2.24. The van der Waals surface area contributed by atoms with E-state index in [-0.39, 0.29) is 17.5 Å². The van der Waals surface area contributed by atoms with E-state index in [0.29, 0.717) is 5.92 Å². The number of nitrogens with two attached hydrogens (primary N) is 1. The molecule has 1 aromatic rings. The summed E-state index contributed by atoms with van der Waals surface area (Å²) in [6, 6.07) is 2.00. The molecule has 0 aromatic heterocycles. The quantitative estimate of drug-likeness (QED) is 0.804. The van der Waals surface area contributed by atoms with E-state index in [1.165, 1.54) is 6.42 Å². The van der Waals surface area contributed by atoms with Crippen molar-refractivity contribution in [2.75, 3.05) is 5.73 Å². The lowest BCUT2D eigenvalue weighted by atomic mass is 9.89. The molecule has 1 saturated carbocycles. The Morgan fingerprint density at radius 3 is 2.71 bits per heavy atom. The normalized spacial score (nSPS) is 24.6. The van der Waals surface area contributed by atoms with Gasteiger partial charge in [0.05, 0.1) is 11.8 Å². The summed E-state index contributed by atoms with van der Waals surface area (Å²) in [7, 11) is 0. The van der Waals surface area contributed by atoms with Gasteiger partial charge in [-0.15, -0.1) is 0 Å². The third-order valence-corrected chi connectivity index (χ3v) is 3.23. The average molecular weight is 241 g/mol. The van der Waals surface area contributed by atoms with E-state index in [2.05, 4.69) is 6.92 Å². The Bertz CT molecular complexity index is 409. The zero-order chi connectivity index (χ0) is 12.4. The van der Waals surface area contributed by atoms with Crippen LogP contribution in [0.25, 0.3) is 0 Å². The Morgan fingerprint density at radius 2 is 2.00 bits per heavy atom. The first-order chi connectivity index (χ1) is 8.06. The third-order valence-electron chi connectivity index (χ3n) is 3.23. The first kappa shape index (κ1) is 12.1. The Kier molecular flexibility index (Phi) is 3.50. The maximum absolute atomic E-state index is 13.5. The van der Waals surface area contributed by atoms with Gasteiger partial charge in [-0.1, -0.05) is 13.3 Å². The van der Waals surface area contributed by atoms with E-state index >= 15 is 0 Å². The fourth-order valence-corrected chi connectivity index (χ4v) is 2.30. The first-order valence-corrected chi connectivity index (χ1v) is 5.97. The molecule has 1 aromatic carbocycles. The van der Waals surface area contributed by atoms with Crippen molar-refractivity contribution in [3.8, 4) is 5.75 Å². The van der Waals surface area contributed by atoms with Crippen molar-refractivity contribution in [2.45, 2.75) is 38.7 Å². The topological polar surface area (TPSA) is 35.2 Å². The first-order valence-electron chi connectivity index (χ1n) is 5.97. The van der Waals surface area contributed by atoms with E-state index in [1.807, 2.05) is 0 Å². The van der Waals surface area contributed by atoms with Crippen molar-refractivity contribution in [1.29, 1.82) is 0 Å². The molecule has 2 nitrogen and oxygen atoms in total. The molecular weight excluding hydrogens is 224 g/mol. The van der Waals surface area contributed by atoms with Crippen LogP contribution in [0.4, 0.5) is 14.5 Å². The molecule has 2 unspecified atom stereocenters. The molecule has 1 fully saturated rings. The summed E-state index contributed by atoms with van der Waals surface area (Å²) in [6.07, 6.45) is 4.03. The number of rotatable bonds is 2. The fourth-order valence-electron chi connectivity index (χ4n) is 2.30. The van der Waals surface area contributed by atoms with Crippen molar-refractivity contribution >= 4 is 5.69 Å². The maximum Gasteiger partial charge on any atom is 0.167 e. The zero-order valence-corrected chi connectivity index (χ0v) is 9.88. The number of anilines is 1. The van der Waals surface area contributed by atoms with Gasteiger partial charge in [-0.2, -0.15) is 0 Å². The zero-order valence-electron chi connectivity index (χ0n) is 9.88. The lowest BCUT2D eigenvalue weighted by molar-refractivity contribution is 0.124. The van der Waals surface area contributed by atoms with Crippen molar-refractivity contribution < 1.29 is 13.5 Å². The second-order valence-electron chi connectivity index (χ2n) is 4.82. The van der Waals surface area contributed by atoms with Gasteiger partial charge < -0.3 is 10.5 Å². The van der Waals surface area contributed by atoms with Crippen LogP contribution in [0.5, 0.6) is 5.75 Å². The van der Waals surface area contributed by atoms with Crippen LogP contribution < -0.4 is 10.5 Å². The number of hydrogen-bond acceptors (Lipinski definition) is 2. The fraction of sp³-hybridized carbons (Fsp3) is 0.538. The predicted octanol–water partition coefficient (Wildman–Crippen LogP) is 3.50. The van der Waals surface area contributed by atoms with Crippen LogP contribution in [0.1, 0.15) is 32.6 Å². The van der Waals surface area contributed by atoms with Gasteiger partial charge in [0, 0.05) is 12.1 Å². The van der Waals surface area contributed by atoms with Crippen molar-refractivity contribution in [1.82, 2.24) is 0 Å². The standard InChI is InChI=1S/C13H17F2NO/c1-8-3-2-4-9(5-8)17-13-7-10(14)12(16)6-11(13)15/h6-9H,2-5,16H2,1H3. The van der Waals surface area contributed by atoms with Gasteiger partial charge in [-0.3, -0.25) is 0 Å². The average Bonchev–Trinajstić information content (AvgIpc) is 2.26. The van der Waals surface area contributed by atoms with Crippen LogP contribution in [0.15, 0.2) is 12.1 Å². The summed E-state index contributed by atoms with van der Waals surface area (Å²) in [5.41, 5.74) is 5.09. The molecule has 2 rings (SSSR count). The Labute approximate surface area is 99.8 Å². The minimum atomic E-state index is -0.634. The second-order valence-corrected chi connectivity index (χ2v) is 4.82. The highest BCUT2D eigenvalue weighted by Gasteiger charge is 2.21. The van der Waals surface area contributed by atoms with Gasteiger partial charge in [-0.05, 0) is 25.2 Å². The molecule has 1 aliphatic carbocycles. The molecule has 17 heavy (non-hydrogen) atoms. The molecule has 0 heterocycles. The maximum atomic E-state index is 13.5. The molecule has 0 bridgehead atoms. The van der Waals surface area contributed by atoms with Crippen molar-refractivity contribution in [3.63, 3.8) is 0 Å². The molecule has 2 atom stereocenters. The van der Waals surface area contributed by atoms with Crippen LogP contribution in [0.2, 0.25) is 0 Å². The SMILES string of the molecule is CC1CCCC(Oc2cc(F)c(N)cc2F)C1. The van der Waals surface area contributed by atoms with Gasteiger partial charge in [0.1, 0.15) is 5.82 Å². The van der Waals surface area contributed by atoms with Gasteiger partial charge in [0.15, 0.2) is 11.6 Å². The lowest BCUT2D eigenvalue weighted by Gasteiger charge is -2.27. The minimum absolute atomic E-state index is 0.0173. The van der Waals surface area contributed by atoms with E-state index in [1.54, 1.807) is 0 Å². The third kappa shape index (κ3) is 2.87. The highest BCUT2D eigenvalue weighted by Crippen LogP contribution is 2.30. The summed E-state index contributed by atoms with van der Waals surface area (Å²) in [4.78, 5) is 0. The second kappa shape index (κ2) is 4.90. The van der Waals surface area contributed by atoms with Gasteiger partial charge in [0.2, 0.25) is 0 Å². The van der Waals surface area contributed by atoms with Crippen LogP contribution in [-0.2, 0) is 0 Å². The van der Waals surface area contributed by atoms with E-state index in [0.717, 1.165) is 31.4 Å². The molecule has 0 amide bonds. The van der Waals surface area contributed by atoms with Gasteiger partial charge >= 0.3 is 0 Å². The molecule has 0 aliphatic heterocycles. The number of halogens is 2.